The summed E-state index contributed by atoms with van der Waals surface area (Å²) in [5.41, 5.74) is 1.04. The number of hydrogen-bond acceptors (Lipinski definition) is 3. The quantitative estimate of drug-likeness (QED) is 0.831. The van der Waals surface area contributed by atoms with Crippen molar-refractivity contribution in [2.45, 2.75) is 25.7 Å². The number of rotatable bonds is 5. The van der Waals surface area contributed by atoms with Gasteiger partial charge in [-0.15, -0.1) is 0 Å². The lowest BCUT2D eigenvalue weighted by Crippen LogP contribution is -2.51. The van der Waals surface area contributed by atoms with E-state index < -0.39 is 0 Å². The minimum atomic E-state index is 0.140. The van der Waals surface area contributed by atoms with Gasteiger partial charge >= 0.3 is 0 Å². The maximum Gasteiger partial charge on any atom is 0.225 e. The summed E-state index contributed by atoms with van der Waals surface area (Å²) in [4.78, 5) is 28.3. The lowest BCUT2D eigenvalue weighted by atomic mass is 10.2. The highest BCUT2D eigenvalue weighted by molar-refractivity contribution is 5.82. The molecule has 2 amide bonds. The van der Waals surface area contributed by atoms with Gasteiger partial charge in [-0.05, 0) is 25.0 Å². The van der Waals surface area contributed by atoms with Gasteiger partial charge in [0, 0.05) is 50.5 Å². The number of piperazine rings is 1. The van der Waals surface area contributed by atoms with Crippen LogP contribution in [-0.2, 0) is 16.0 Å². The summed E-state index contributed by atoms with van der Waals surface area (Å²) in [6, 6.07) is 13.9. The predicted octanol–water partition coefficient (Wildman–Crippen LogP) is 2.96. The van der Waals surface area contributed by atoms with Crippen LogP contribution < -0.4 is 0 Å². The number of aryl methyl sites for hydroxylation is 1. The minimum absolute atomic E-state index is 0.140. The Morgan fingerprint density at radius 1 is 0.923 bits per heavy atom. The van der Waals surface area contributed by atoms with E-state index in [9.17, 15) is 9.59 Å². The van der Waals surface area contributed by atoms with Gasteiger partial charge in [-0.3, -0.25) is 9.59 Å². The normalized spacial score (nSPS) is 17.4. The van der Waals surface area contributed by atoms with Gasteiger partial charge in [0.15, 0.2) is 0 Å². The summed E-state index contributed by atoms with van der Waals surface area (Å²) in [6.07, 6.45) is 3.11. The van der Waals surface area contributed by atoms with E-state index in [1.165, 1.54) is 0 Å². The summed E-state index contributed by atoms with van der Waals surface area (Å²) >= 11 is 0. The smallest absolute Gasteiger partial charge is 0.225 e. The number of hydrogen-bond donors (Lipinski definition) is 0. The predicted molar refractivity (Wildman–Crippen MR) is 98.3 cm³/mol. The minimum Gasteiger partial charge on any atom is -0.461 e. The molecule has 5 nitrogen and oxygen atoms in total. The summed E-state index contributed by atoms with van der Waals surface area (Å²) < 4.78 is 5.87. The Balaban J connectivity index is 1.25. The van der Waals surface area contributed by atoms with Crippen molar-refractivity contribution in [1.29, 1.82) is 0 Å². The first-order valence-electron chi connectivity index (χ1n) is 9.41. The van der Waals surface area contributed by atoms with Gasteiger partial charge in [0.2, 0.25) is 11.8 Å². The zero-order chi connectivity index (χ0) is 17.9. The molecular formula is C21H24N2O3. The highest BCUT2D eigenvalue weighted by atomic mass is 16.3. The highest BCUT2D eigenvalue weighted by Crippen LogP contribution is 2.31. The average Bonchev–Trinajstić information content (AvgIpc) is 3.44. The van der Waals surface area contributed by atoms with Crippen molar-refractivity contribution in [3.05, 3.63) is 48.2 Å². The number of furan rings is 1. The van der Waals surface area contributed by atoms with Crippen molar-refractivity contribution in [3.63, 3.8) is 0 Å². The van der Waals surface area contributed by atoms with Crippen molar-refractivity contribution in [2.75, 3.05) is 26.2 Å². The second-order valence-electron chi connectivity index (χ2n) is 7.11. The van der Waals surface area contributed by atoms with Gasteiger partial charge in [-0.2, -0.15) is 0 Å². The van der Waals surface area contributed by atoms with E-state index in [-0.39, 0.29) is 17.7 Å². The zero-order valence-electron chi connectivity index (χ0n) is 14.9. The molecule has 0 unspecified atom stereocenters. The molecule has 1 saturated carbocycles. The Kier molecular flexibility index (Phi) is 4.78. The van der Waals surface area contributed by atoms with E-state index in [1.54, 1.807) is 0 Å². The van der Waals surface area contributed by atoms with Crippen LogP contribution in [-0.4, -0.2) is 47.8 Å². The summed E-state index contributed by atoms with van der Waals surface area (Å²) in [5, 5.41) is 0. The fourth-order valence-electron chi connectivity index (χ4n) is 3.42. The van der Waals surface area contributed by atoms with Crippen LogP contribution in [0, 0.1) is 5.92 Å². The van der Waals surface area contributed by atoms with E-state index in [0.29, 0.717) is 39.0 Å². The molecule has 2 aliphatic rings. The highest BCUT2D eigenvalue weighted by Gasteiger charge is 2.35. The molecule has 1 aliphatic heterocycles. The average molecular weight is 352 g/mol. The number of carbonyl (C=O) groups excluding carboxylic acids is 2. The Morgan fingerprint density at radius 2 is 1.62 bits per heavy atom. The Bertz CT molecular complexity index is 772. The van der Waals surface area contributed by atoms with Crippen LogP contribution in [0.1, 0.15) is 25.0 Å². The molecule has 2 fully saturated rings. The van der Waals surface area contributed by atoms with Crippen molar-refractivity contribution >= 4 is 11.8 Å². The maximum atomic E-state index is 12.5. The van der Waals surface area contributed by atoms with Crippen molar-refractivity contribution in [1.82, 2.24) is 9.80 Å². The van der Waals surface area contributed by atoms with Crippen LogP contribution in [0.15, 0.2) is 46.9 Å². The first-order chi connectivity index (χ1) is 12.7. The van der Waals surface area contributed by atoms with Gasteiger partial charge in [0.25, 0.3) is 0 Å². The van der Waals surface area contributed by atoms with Gasteiger partial charge in [-0.25, -0.2) is 0 Å². The van der Waals surface area contributed by atoms with Gasteiger partial charge in [0.05, 0.1) is 0 Å². The Morgan fingerprint density at radius 3 is 2.31 bits per heavy atom. The molecule has 0 bridgehead atoms. The van der Waals surface area contributed by atoms with E-state index in [1.807, 2.05) is 52.3 Å². The number of benzene rings is 1. The first-order valence-corrected chi connectivity index (χ1v) is 9.41. The van der Waals surface area contributed by atoms with Gasteiger partial charge in [0.1, 0.15) is 11.5 Å². The SMILES string of the molecule is O=C(CCc1ccc(-c2ccccc2)o1)N1CCN(C(=O)C2CC2)CC1. The van der Waals surface area contributed by atoms with E-state index in [4.69, 9.17) is 4.42 Å². The standard InChI is InChI=1S/C21H24N2O3/c24-20(22-12-14-23(15-13-22)21(25)17-6-7-17)11-9-18-8-10-19(26-18)16-4-2-1-3-5-16/h1-5,8,10,17H,6-7,9,11-15H2. The Hall–Kier alpha value is -2.56. The largest absolute Gasteiger partial charge is 0.461 e. The van der Waals surface area contributed by atoms with Crippen molar-refractivity contribution < 1.29 is 14.0 Å². The monoisotopic (exact) mass is 352 g/mol. The summed E-state index contributed by atoms with van der Waals surface area (Å²) in [5.74, 6) is 2.34. The maximum absolute atomic E-state index is 12.5. The van der Waals surface area contributed by atoms with Crippen LogP contribution in [0.25, 0.3) is 11.3 Å². The lowest BCUT2D eigenvalue weighted by molar-refractivity contribution is -0.140. The van der Waals surface area contributed by atoms with Crippen molar-refractivity contribution in [2.24, 2.45) is 5.92 Å². The Labute approximate surface area is 153 Å². The van der Waals surface area contributed by atoms with Crippen LogP contribution in [0.2, 0.25) is 0 Å². The van der Waals surface area contributed by atoms with Crippen LogP contribution in [0.3, 0.4) is 0 Å². The summed E-state index contributed by atoms with van der Waals surface area (Å²) in [6.45, 7) is 2.62. The molecule has 1 aromatic heterocycles. The third-order valence-electron chi connectivity index (χ3n) is 5.18. The molecule has 2 heterocycles. The molecular weight excluding hydrogens is 328 g/mol. The summed E-state index contributed by atoms with van der Waals surface area (Å²) in [7, 11) is 0. The molecule has 0 radical (unpaired) electrons. The fourth-order valence-corrected chi connectivity index (χ4v) is 3.42. The molecule has 0 atom stereocenters. The molecule has 26 heavy (non-hydrogen) atoms. The van der Waals surface area contributed by atoms with Gasteiger partial charge < -0.3 is 14.2 Å². The number of carbonyl (C=O) groups is 2. The van der Waals surface area contributed by atoms with E-state index >= 15 is 0 Å². The van der Waals surface area contributed by atoms with Crippen LogP contribution in [0.4, 0.5) is 0 Å². The molecule has 1 saturated heterocycles. The number of nitrogens with zero attached hydrogens (tertiary/aromatic N) is 2. The number of amides is 2. The molecule has 0 spiro atoms. The lowest BCUT2D eigenvalue weighted by Gasteiger charge is -2.35. The van der Waals surface area contributed by atoms with E-state index in [2.05, 4.69) is 0 Å². The molecule has 0 N–H and O–H groups in total. The van der Waals surface area contributed by atoms with Crippen LogP contribution in [0.5, 0.6) is 0 Å². The topological polar surface area (TPSA) is 53.8 Å². The van der Waals surface area contributed by atoms with Gasteiger partial charge in [-0.1, -0.05) is 30.3 Å². The third-order valence-corrected chi connectivity index (χ3v) is 5.18. The zero-order valence-corrected chi connectivity index (χ0v) is 14.9. The molecule has 136 valence electrons. The fraction of sp³-hybridized carbons (Fsp3) is 0.429. The second-order valence-corrected chi connectivity index (χ2v) is 7.11. The molecule has 5 heteroatoms. The third kappa shape index (κ3) is 3.82. The van der Waals surface area contributed by atoms with Crippen LogP contribution >= 0.6 is 0 Å². The second kappa shape index (κ2) is 7.36. The van der Waals surface area contributed by atoms with Crippen molar-refractivity contribution in [3.8, 4) is 11.3 Å². The molecule has 1 aliphatic carbocycles. The van der Waals surface area contributed by atoms with E-state index in [0.717, 1.165) is 29.9 Å². The molecule has 1 aromatic carbocycles. The first kappa shape index (κ1) is 16.9. The molecule has 2 aromatic rings. The molecule has 4 rings (SSSR count).